The molecule has 0 radical (unpaired) electrons. The zero-order valence-electron chi connectivity index (χ0n) is 12.4. The minimum Gasteiger partial charge on any atom is -0.494 e. The van der Waals surface area contributed by atoms with Gasteiger partial charge >= 0.3 is 0 Å². The number of ether oxygens (including phenoxy) is 1. The van der Waals surface area contributed by atoms with Crippen LogP contribution in [0.3, 0.4) is 0 Å². The third-order valence-electron chi connectivity index (χ3n) is 3.08. The van der Waals surface area contributed by atoms with Crippen molar-refractivity contribution in [2.45, 2.75) is 33.1 Å². The molecule has 0 saturated carbocycles. The van der Waals surface area contributed by atoms with Crippen LogP contribution in [0.15, 0.2) is 23.1 Å². The molecule has 5 nitrogen and oxygen atoms in total. The summed E-state index contributed by atoms with van der Waals surface area (Å²) in [6.07, 6.45) is 1.66. The van der Waals surface area contributed by atoms with Crippen LogP contribution < -0.4 is 10.3 Å². The fourth-order valence-electron chi connectivity index (χ4n) is 1.85. The quantitative estimate of drug-likeness (QED) is 0.912. The van der Waals surface area contributed by atoms with E-state index in [0.29, 0.717) is 28.5 Å². The van der Waals surface area contributed by atoms with Crippen molar-refractivity contribution in [3.05, 3.63) is 40.1 Å². The number of methoxy groups -OCH3 is 1. The van der Waals surface area contributed by atoms with Crippen molar-refractivity contribution >= 4 is 0 Å². The summed E-state index contributed by atoms with van der Waals surface area (Å²) in [5.41, 5.74) is 1.30. The minimum atomic E-state index is -0.246. The maximum Gasteiger partial charge on any atom is 0.254 e. The predicted molar refractivity (Wildman–Crippen MR) is 78.1 cm³/mol. The van der Waals surface area contributed by atoms with Gasteiger partial charge in [-0.1, -0.05) is 20.8 Å². The molecular formula is C15H19N3O2. The van der Waals surface area contributed by atoms with Crippen molar-refractivity contribution in [2.24, 2.45) is 0 Å². The molecule has 1 N–H and O–H groups in total. The second kappa shape index (κ2) is 5.07. The summed E-state index contributed by atoms with van der Waals surface area (Å²) in [6, 6.07) is 3.59. The number of H-pyrrole nitrogens is 1. The Morgan fingerprint density at radius 1 is 1.25 bits per heavy atom. The van der Waals surface area contributed by atoms with E-state index in [4.69, 9.17) is 4.74 Å². The van der Waals surface area contributed by atoms with Crippen molar-refractivity contribution in [3.63, 3.8) is 0 Å². The molecule has 0 spiro atoms. The van der Waals surface area contributed by atoms with E-state index in [-0.39, 0.29) is 11.0 Å². The molecule has 2 aromatic heterocycles. The lowest BCUT2D eigenvalue weighted by Crippen LogP contribution is -2.24. The summed E-state index contributed by atoms with van der Waals surface area (Å²) in [5, 5.41) is 0. The minimum absolute atomic E-state index is 0.146. The summed E-state index contributed by atoms with van der Waals surface area (Å²) < 4.78 is 5.31. The van der Waals surface area contributed by atoms with Gasteiger partial charge < -0.3 is 9.72 Å². The van der Waals surface area contributed by atoms with Crippen LogP contribution in [-0.2, 0) is 5.41 Å². The Morgan fingerprint density at radius 2 is 1.95 bits per heavy atom. The van der Waals surface area contributed by atoms with Crippen LogP contribution in [0.1, 0.15) is 32.2 Å². The smallest absolute Gasteiger partial charge is 0.254 e. The molecule has 0 aliphatic carbocycles. The van der Waals surface area contributed by atoms with E-state index in [1.165, 1.54) is 0 Å². The molecule has 0 bridgehead atoms. The summed E-state index contributed by atoms with van der Waals surface area (Å²) >= 11 is 0. The summed E-state index contributed by atoms with van der Waals surface area (Å²) in [6.45, 7) is 7.74. The predicted octanol–water partition coefficient (Wildman–Crippen LogP) is 2.45. The Bertz CT molecular complexity index is 684. The standard InChI is InChI=1S/C15H19N3O2/c1-9-11(12-10(20-5)7-6-8-16-12)17-14(15(2,3)4)18-13(9)19/h6-8H,1-5H3,(H,17,18,19). The number of aromatic amines is 1. The van der Waals surface area contributed by atoms with Gasteiger partial charge in [0, 0.05) is 17.2 Å². The van der Waals surface area contributed by atoms with E-state index in [0.717, 1.165) is 0 Å². The van der Waals surface area contributed by atoms with Gasteiger partial charge in [-0.25, -0.2) is 4.98 Å². The van der Waals surface area contributed by atoms with Gasteiger partial charge in [-0.2, -0.15) is 0 Å². The molecule has 5 heteroatoms. The Hall–Kier alpha value is -2.17. The summed E-state index contributed by atoms with van der Waals surface area (Å²) in [4.78, 5) is 23.8. The number of nitrogens with one attached hydrogen (secondary N) is 1. The zero-order chi connectivity index (χ0) is 14.9. The summed E-state index contributed by atoms with van der Waals surface area (Å²) in [5.74, 6) is 1.24. The Morgan fingerprint density at radius 3 is 2.55 bits per heavy atom. The maximum atomic E-state index is 12.1. The maximum absolute atomic E-state index is 12.1. The van der Waals surface area contributed by atoms with Gasteiger partial charge in [0.25, 0.3) is 5.56 Å². The van der Waals surface area contributed by atoms with E-state index >= 15 is 0 Å². The van der Waals surface area contributed by atoms with Crippen molar-refractivity contribution in [1.29, 1.82) is 0 Å². The average molecular weight is 273 g/mol. The van der Waals surface area contributed by atoms with E-state index < -0.39 is 0 Å². The van der Waals surface area contributed by atoms with Gasteiger partial charge in [0.2, 0.25) is 0 Å². The first kappa shape index (κ1) is 14.2. The van der Waals surface area contributed by atoms with E-state index in [2.05, 4.69) is 15.0 Å². The van der Waals surface area contributed by atoms with Crippen molar-refractivity contribution in [3.8, 4) is 17.1 Å². The highest BCUT2D eigenvalue weighted by Gasteiger charge is 2.21. The van der Waals surface area contributed by atoms with Gasteiger partial charge in [0.1, 0.15) is 23.0 Å². The molecule has 106 valence electrons. The molecule has 0 saturated heterocycles. The number of nitrogens with zero attached hydrogens (tertiary/aromatic N) is 2. The highest BCUT2D eigenvalue weighted by Crippen LogP contribution is 2.28. The molecule has 20 heavy (non-hydrogen) atoms. The molecule has 2 aromatic rings. The van der Waals surface area contributed by atoms with Gasteiger partial charge in [0.05, 0.1) is 7.11 Å². The Labute approximate surface area is 118 Å². The third-order valence-corrected chi connectivity index (χ3v) is 3.08. The summed E-state index contributed by atoms with van der Waals surface area (Å²) in [7, 11) is 1.58. The number of aromatic nitrogens is 3. The van der Waals surface area contributed by atoms with Crippen molar-refractivity contribution in [2.75, 3.05) is 7.11 Å². The fourth-order valence-corrected chi connectivity index (χ4v) is 1.85. The number of hydrogen-bond donors (Lipinski definition) is 1. The van der Waals surface area contributed by atoms with E-state index in [1.807, 2.05) is 20.8 Å². The molecule has 0 atom stereocenters. The van der Waals surface area contributed by atoms with Gasteiger partial charge in [-0.15, -0.1) is 0 Å². The topological polar surface area (TPSA) is 67.9 Å². The third kappa shape index (κ3) is 2.57. The van der Waals surface area contributed by atoms with Crippen LogP contribution >= 0.6 is 0 Å². The number of rotatable bonds is 2. The lowest BCUT2D eigenvalue weighted by atomic mass is 9.95. The largest absolute Gasteiger partial charge is 0.494 e. The van der Waals surface area contributed by atoms with Gasteiger partial charge in [0.15, 0.2) is 0 Å². The van der Waals surface area contributed by atoms with Gasteiger partial charge in [-0.05, 0) is 19.1 Å². The Kier molecular flexibility index (Phi) is 3.61. The zero-order valence-corrected chi connectivity index (χ0v) is 12.4. The van der Waals surface area contributed by atoms with Crippen LogP contribution in [0.5, 0.6) is 5.75 Å². The molecule has 0 aliphatic heterocycles. The molecule has 0 unspecified atom stereocenters. The lowest BCUT2D eigenvalue weighted by Gasteiger charge is -2.19. The SMILES string of the molecule is COc1cccnc1-c1nc(C(C)(C)C)[nH]c(=O)c1C. The first-order chi connectivity index (χ1) is 9.34. The number of hydrogen-bond acceptors (Lipinski definition) is 4. The van der Waals surface area contributed by atoms with Crippen molar-refractivity contribution < 1.29 is 4.74 Å². The van der Waals surface area contributed by atoms with Crippen LogP contribution in [0.4, 0.5) is 0 Å². The highest BCUT2D eigenvalue weighted by atomic mass is 16.5. The Balaban J connectivity index is 2.74. The molecule has 0 amide bonds. The molecule has 0 aromatic carbocycles. The highest BCUT2D eigenvalue weighted by molar-refractivity contribution is 5.65. The lowest BCUT2D eigenvalue weighted by molar-refractivity contribution is 0.414. The van der Waals surface area contributed by atoms with Gasteiger partial charge in [-0.3, -0.25) is 9.78 Å². The first-order valence-corrected chi connectivity index (χ1v) is 6.45. The number of pyridine rings is 1. The molecule has 2 heterocycles. The van der Waals surface area contributed by atoms with Crippen LogP contribution in [-0.4, -0.2) is 22.1 Å². The molecule has 0 aliphatic rings. The molecular weight excluding hydrogens is 254 g/mol. The van der Waals surface area contributed by atoms with E-state index in [9.17, 15) is 4.79 Å². The van der Waals surface area contributed by atoms with Crippen LogP contribution in [0.25, 0.3) is 11.4 Å². The first-order valence-electron chi connectivity index (χ1n) is 6.45. The second-order valence-electron chi connectivity index (χ2n) is 5.69. The fraction of sp³-hybridized carbons (Fsp3) is 0.400. The van der Waals surface area contributed by atoms with E-state index in [1.54, 1.807) is 32.4 Å². The average Bonchev–Trinajstić information content (AvgIpc) is 2.40. The molecule has 2 rings (SSSR count). The normalized spacial score (nSPS) is 11.4. The molecule has 0 fully saturated rings. The van der Waals surface area contributed by atoms with Crippen molar-refractivity contribution in [1.82, 2.24) is 15.0 Å². The van der Waals surface area contributed by atoms with Crippen LogP contribution in [0, 0.1) is 6.92 Å². The monoisotopic (exact) mass is 273 g/mol. The second-order valence-corrected chi connectivity index (χ2v) is 5.69. The van der Waals surface area contributed by atoms with Crippen LogP contribution in [0.2, 0.25) is 0 Å².